The summed E-state index contributed by atoms with van der Waals surface area (Å²) in [5.74, 6) is 0.773. The number of hydrogen-bond acceptors (Lipinski definition) is 4. The zero-order valence-electron chi connectivity index (χ0n) is 12.3. The van der Waals surface area contributed by atoms with E-state index in [1.165, 1.54) is 0 Å². The maximum Gasteiger partial charge on any atom is 0.274 e. The van der Waals surface area contributed by atoms with Crippen LogP contribution in [0, 0.1) is 6.92 Å². The van der Waals surface area contributed by atoms with E-state index in [0.717, 1.165) is 13.0 Å². The molecular weight excluding hydrogens is 323 g/mol. The first-order valence-corrected chi connectivity index (χ1v) is 7.61. The van der Waals surface area contributed by atoms with Crippen LogP contribution in [-0.4, -0.2) is 22.4 Å². The van der Waals surface area contributed by atoms with Gasteiger partial charge < -0.3 is 10.6 Å². The number of amides is 1. The number of carbonyl (C=O) groups is 1. The highest BCUT2D eigenvalue weighted by atomic mass is 35.5. The molecule has 2 N–H and O–H groups in total. The van der Waals surface area contributed by atoms with Crippen LogP contribution in [-0.2, 0) is 0 Å². The van der Waals surface area contributed by atoms with Gasteiger partial charge in [-0.2, -0.15) is 0 Å². The molecule has 0 saturated heterocycles. The van der Waals surface area contributed by atoms with Gasteiger partial charge in [-0.3, -0.25) is 4.79 Å². The molecule has 22 heavy (non-hydrogen) atoms. The molecule has 1 heterocycles. The molecule has 1 aromatic heterocycles. The molecule has 0 aliphatic carbocycles. The van der Waals surface area contributed by atoms with Crippen molar-refractivity contribution in [2.45, 2.75) is 20.3 Å². The van der Waals surface area contributed by atoms with Crippen molar-refractivity contribution in [1.29, 1.82) is 0 Å². The molecule has 0 aliphatic rings. The van der Waals surface area contributed by atoms with Crippen molar-refractivity contribution >= 4 is 40.6 Å². The van der Waals surface area contributed by atoms with Crippen LogP contribution in [0.1, 0.15) is 29.7 Å². The average Bonchev–Trinajstić information content (AvgIpc) is 2.48. The quantitative estimate of drug-likeness (QED) is 0.858. The van der Waals surface area contributed by atoms with Gasteiger partial charge in [0.25, 0.3) is 5.91 Å². The lowest BCUT2D eigenvalue weighted by molar-refractivity contribution is 0.102. The summed E-state index contributed by atoms with van der Waals surface area (Å²) in [4.78, 5) is 20.7. The topological polar surface area (TPSA) is 66.9 Å². The Bertz CT molecular complexity index is 691. The largest absolute Gasteiger partial charge is 0.370 e. The Morgan fingerprint density at radius 3 is 2.73 bits per heavy atom. The molecule has 2 rings (SSSR count). The summed E-state index contributed by atoms with van der Waals surface area (Å²) in [7, 11) is 0. The summed E-state index contributed by atoms with van der Waals surface area (Å²) in [5, 5.41) is 6.74. The van der Waals surface area contributed by atoms with E-state index in [1.54, 1.807) is 31.2 Å². The fourth-order valence-corrected chi connectivity index (χ4v) is 2.14. The molecule has 0 atom stereocenters. The first kappa shape index (κ1) is 16.5. The highest BCUT2D eigenvalue weighted by Crippen LogP contribution is 2.25. The van der Waals surface area contributed by atoms with Crippen molar-refractivity contribution in [3.63, 3.8) is 0 Å². The number of aryl methyl sites for hydroxylation is 1. The number of hydrogen-bond donors (Lipinski definition) is 2. The molecule has 0 aliphatic heterocycles. The molecule has 1 aromatic carbocycles. The van der Waals surface area contributed by atoms with E-state index in [0.29, 0.717) is 27.4 Å². The number of aromatic nitrogens is 2. The number of rotatable bonds is 5. The minimum Gasteiger partial charge on any atom is -0.370 e. The van der Waals surface area contributed by atoms with Crippen molar-refractivity contribution in [2.24, 2.45) is 0 Å². The molecule has 1 amide bonds. The Balaban J connectivity index is 2.21. The Hall–Kier alpha value is -1.85. The minimum atomic E-state index is -0.366. The van der Waals surface area contributed by atoms with Gasteiger partial charge in [0.05, 0.1) is 10.7 Å². The highest BCUT2D eigenvalue weighted by molar-refractivity contribution is 6.35. The summed E-state index contributed by atoms with van der Waals surface area (Å²) in [6.45, 7) is 4.56. The summed E-state index contributed by atoms with van der Waals surface area (Å²) in [5.41, 5.74) is 0.709. The molecule has 5 nitrogen and oxygen atoms in total. The molecular formula is C15H16Cl2N4O. The van der Waals surface area contributed by atoms with Crippen LogP contribution >= 0.6 is 23.2 Å². The van der Waals surface area contributed by atoms with Crippen LogP contribution < -0.4 is 10.6 Å². The number of carbonyl (C=O) groups excluding carboxylic acids is 1. The minimum absolute atomic E-state index is 0.266. The van der Waals surface area contributed by atoms with Crippen molar-refractivity contribution in [2.75, 3.05) is 17.2 Å². The first-order chi connectivity index (χ1) is 10.5. The molecule has 7 heteroatoms. The summed E-state index contributed by atoms with van der Waals surface area (Å²) in [6.07, 6.45) is 0.961. The predicted molar refractivity (Wildman–Crippen MR) is 90.0 cm³/mol. The van der Waals surface area contributed by atoms with Gasteiger partial charge in [-0.25, -0.2) is 9.97 Å². The van der Waals surface area contributed by atoms with Crippen molar-refractivity contribution in [1.82, 2.24) is 9.97 Å². The summed E-state index contributed by atoms with van der Waals surface area (Å²) >= 11 is 11.9. The lowest BCUT2D eigenvalue weighted by atomic mass is 10.3. The maximum atomic E-state index is 12.3. The molecule has 116 valence electrons. The standard InChI is InChI=1S/C15H16Cl2N4O/c1-3-6-18-14-8-13(19-9(2)20-14)15(22)21-12-7-10(16)4-5-11(12)17/h4-5,7-8H,3,6H2,1-2H3,(H,21,22)(H,18,19,20). The summed E-state index contributed by atoms with van der Waals surface area (Å²) < 4.78 is 0. The van der Waals surface area contributed by atoms with Crippen molar-refractivity contribution < 1.29 is 4.79 Å². The Morgan fingerprint density at radius 1 is 1.23 bits per heavy atom. The molecule has 0 unspecified atom stereocenters. The zero-order chi connectivity index (χ0) is 16.1. The van der Waals surface area contributed by atoms with Crippen LogP contribution in [0.25, 0.3) is 0 Å². The van der Waals surface area contributed by atoms with Crippen LogP contribution in [0.5, 0.6) is 0 Å². The zero-order valence-corrected chi connectivity index (χ0v) is 13.8. The monoisotopic (exact) mass is 338 g/mol. The molecule has 2 aromatic rings. The fourth-order valence-electron chi connectivity index (χ4n) is 1.81. The number of benzene rings is 1. The van der Waals surface area contributed by atoms with Crippen LogP contribution in [0.3, 0.4) is 0 Å². The van der Waals surface area contributed by atoms with E-state index in [2.05, 4.69) is 27.5 Å². The Kier molecular flexibility index (Phi) is 5.57. The molecule has 0 fully saturated rings. The number of nitrogens with zero attached hydrogens (tertiary/aromatic N) is 2. The van der Waals surface area contributed by atoms with E-state index in [4.69, 9.17) is 23.2 Å². The summed E-state index contributed by atoms with van der Waals surface area (Å²) in [6, 6.07) is 6.47. The van der Waals surface area contributed by atoms with Gasteiger partial charge in [-0.15, -0.1) is 0 Å². The lowest BCUT2D eigenvalue weighted by Gasteiger charge is -2.09. The van der Waals surface area contributed by atoms with Gasteiger partial charge in [-0.1, -0.05) is 30.1 Å². The number of nitrogens with one attached hydrogen (secondary N) is 2. The third-order valence-corrected chi connectivity index (χ3v) is 3.37. The van der Waals surface area contributed by atoms with Gasteiger partial charge >= 0.3 is 0 Å². The van der Waals surface area contributed by atoms with Gasteiger partial charge in [0, 0.05) is 17.6 Å². The van der Waals surface area contributed by atoms with E-state index in [1.807, 2.05) is 0 Å². The van der Waals surface area contributed by atoms with Crippen molar-refractivity contribution in [3.8, 4) is 0 Å². The third kappa shape index (κ3) is 4.32. The van der Waals surface area contributed by atoms with E-state index >= 15 is 0 Å². The Morgan fingerprint density at radius 2 is 2.00 bits per heavy atom. The number of halogens is 2. The van der Waals surface area contributed by atoms with Crippen molar-refractivity contribution in [3.05, 3.63) is 45.8 Å². The number of anilines is 2. The molecule has 0 radical (unpaired) electrons. The second-order valence-corrected chi connectivity index (χ2v) is 5.53. The van der Waals surface area contributed by atoms with Gasteiger partial charge in [0.1, 0.15) is 17.3 Å². The van der Waals surface area contributed by atoms with E-state index < -0.39 is 0 Å². The molecule has 0 saturated carbocycles. The second-order valence-electron chi connectivity index (χ2n) is 4.69. The highest BCUT2D eigenvalue weighted by Gasteiger charge is 2.12. The van der Waals surface area contributed by atoms with Crippen LogP contribution in [0.15, 0.2) is 24.3 Å². The smallest absolute Gasteiger partial charge is 0.274 e. The Labute approximate surface area is 139 Å². The maximum absolute atomic E-state index is 12.3. The third-order valence-electron chi connectivity index (χ3n) is 2.80. The lowest BCUT2D eigenvalue weighted by Crippen LogP contribution is -2.16. The molecule has 0 bridgehead atoms. The van der Waals surface area contributed by atoms with Crippen LogP contribution in [0.4, 0.5) is 11.5 Å². The van der Waals surface area contributed by atoms with E-state index in [-0.39, 0.29) is 11.6 Å². The molecule has 0 spiro atoms. The first-order valence-electron chi connectivity index (χ1n) is 6.85. The second kappa shape index (κ2) is 7.42. The van der Waals surface area contributed by atoms with Gasteiger partial charge in [0.2, 0.25) is 0 Å². The normalized spacial score (nSPS) is 10.4. The SMILES string of the molecule is CCCNc1cc(C(=O)Nc2cc(Cl)ccc2Cl)nc(C)n1. The van der Waals surface area contributed by atoms with Crippen LogP contribution in [0.2, 0.25) is 10.0 Å². The average molecular weight is 339 g/mol. The van der Waals surface area contributed by atoms with E-state index in [9.17, 15) is 4.79 Å². The predicted octanol–water partition coefficient (Wildman–Crippen LogP) is 4.17. The fraction of sp³-hybridized carbons (Fsp3) is 0.267. The van der Waals surface area contributed by atoms with Gasteiger partial charge in [-0.05, 0) is 31.5 Å². The van der Waals surface area contributed by atoms with Gasteiger partial charge in [0.15, 0.2) is 0 Å².